The van der Waals surface area contributed by atoms with Gasteiger partial charge in [0.15, 0.2) is 0 Å². The highest BCUT2D eigenvalue weighted by atomic mass is 16.5. The zero-order valence-electron chi connectivity index (χ0n) is 19.1. The van der Waals surface area contributed by atoms with E-state index in [1.165, 1.54) is 0 Å². The molecule has 1 aliphatic rings. The number of nitrogens with zero attached hydrogens (tertiary/aromatic N) is 3. The predicted molar refractivity (Wildman–Crippen MR) is 124 cm³/mol. The Bertz CT molecular complexity index is 1160. The third kappa shape index (κ3) is 5.05. The van der Waals surface area contributed by atoms with Gasteiger partial charge in [-0.3, -0.25) is 9.59 Å². The standard InChI is InChI=1S/C25H28N4O4/c1-4-22(30)26-19-9-5-7-17(14-19)23-27-24(33-28-23)18-8-6-12-29(15-18)25(31)21-11-10-20(32-3)13-16(21)2/h5,7,9-11,13-14,18H,4,6,8,12,15H2,1-3H3,(H,26,30)/t18-/m1/s1. The Labute approximate surface area is 192 Å². The quantitative estimate of drug-likeness (QED) is 0.599. The van der Waals surface area contributed by atoms with Crippen molar-refractivity contribution in [2.24, 2.45) is 0 Å². The van der Waals surface area contributed by atoms with Crippen LogP contribution in [0.2, 0.25) is 0 Å². The van der Waals surface area contributed by atoms with Crippen molar-refractivity contribution in [3.63, 3.8) is 0 Å². The van der Waals surface area contributed by atoms with Gasteiger partial charge in [-0.15, -0.1) is 0 Å². The molecule has 1 saturated heterocycles. The van der Waals surface area contributed by atoms with Crippen LogP contribution in [0.4, 0.5) is 5.69 Å². The molecule has 1 aromatic heterocycles. The summed E-state index contributed by atoms with van der Waals surface area (Å²) in [6.07, 6.45) is 2.14. The molecule has 1 fully saturated rings. The van der Waals surface area contributed by atoms with Crippen LogP contribution in [0.1, 0.15) is 53.9 Å². The van der Waals surface area contributed by atoms with Crippen LogP contribution in [-0.4, -0.2) is 47.1 Å². The maximum Gasteiger partial charge on any atom is 0.254 e. The van der Waals surface area contributed by atoms with Crippen LogP contribution in [0.15, 0.2) is 47.0 Å². The summed E-state index contributed by atoms with van der Waals surface area (Å²) in [5.74, 6) is 1.64. The SMILES string of the molecule is CCC(=O)Nc1cccc(-c2noc([C@@H]3CCCN(C(=O)c4ccc(OC)cc4C)C3)n2)c1. The summed E-state index contributed by atoms with van der Waals surface area (Å²) in [5, 5.41) is 6.99. The van der Waals surface area contributed by atoms with Crippen LogP contribution < -0.4 is 10.1 Å². The van der Waals surface area contributed by atoms with Gasteiger partial charge in [-0.1, -0.05) is 24.2 Å². The number of anilines is 1. The zero-order valence-corrected chi connectivity index (χ0v) is 19.1. The molecule has 33 heavy (non-hydrogen) atoms. The molecule has 0 unspecified atom stereocenters. The summed E-state index contributed by atoms with van der Waals surface area (Å²) >= 11 is 0. The summed E-state index contributed by atoms with van der Waals surface area (Å²) < 4.78 is 10.8. The normalized spacial score (nSPS) is 15.8. The lowest BCUT2D eigenvalue weighted by Crippen LogP contribution is -2.39. The van der Waals surface area contributed by atoms with Crippen LogP contribution in [0, 0.1) is 6.92 Å². The molecule has 4 rings (SSSR count). The van der Waals surface area contributed by atoms with Crippen molar-refractivity contribution in [3.8, 4) is 17.1 Å². The lowest BCUT2D eigenvalue weighted by molar-refractivity contribution is -0.115. The number of hydrogen-bond donors (Lipinski definition) is 1. The molecular formula is C25H28N4O4. The Hall–Kier alpha value is -3.68. The van der Waals surface area contributed by atoms with E-state index in [4.69, 9.17) is 9.26 Å². The minimum atomic E-state index is -0.0555. The van der Waals surface area contributed by atoms with Gasteiger partial charge in [0.2, 0.25) is 17.6 Å². The van der Waals surface area contributed by atoms with E-state index in [2.05, 4.69) is 15.5 Å². The maximum atomic E-state index is 13.2. The minimum Gasteiger partial charge on any atom is -0.497 e. The van der Waals surface area contributed by atoms with Crippen molar-refractivity contribution in [3.05, 3.63) is 59.5 Å². The lowest BCUT2D eigenvalue weighted by atomic mass is 9.96. The van der Waals surface area contributed by atoms with E-state index in [0.717, 1.165) is 29.7 Å². The first-order valence-corrected chi connectivity index (χ1v) is 11.2. The van der Waals surface area contributed by atoms with Crippen LogP contribution in [0.5, 0.6) is 5.75 Å². The highest BCUT2D eigenvalue weighted by Crippen LogP contribution is 2.29. The molecule has 2 aromatic carbocycles. The van der Waals surface area contributed by atoms with E-state index in [-0.39, 0.29) is 17.7 Å². The number of likely N-dealkylation sites (tertiary alicyclic amines) is 1. The first-order chi connectivity index (χ1) is 16.0. The van der Waals surface area contributed by atoms with Crippen molar-refractivity contribution >= 4 is 17.5 Å². The number of rotatable bonds is 6. The van der Waals surface area contributed by atoms with Crippen molar-refractivity contribution in [2.45, 2.75) is 39.0 Å². The van der Waals surface area contributed by atoms with E-state index >= 15 is 0 Å². The number of carbonyl (C=O) groups excluding carboxylic acids is 2. The number of piperidine rings is 1. The van der Waals surface area contributed by atoms with Gasteiger partial charge in [0.25, 0.3) is 5.91 Å². The molecule has 172 valence electrons. The van der Waals surface area contributed by atoms with Crippen molar-refractivity contribution in [1.29, 1.82) is 0 Å². The van der Waals surface area contributed by atoms with Gasteiger partial charge >= 0.3 is 0 Å². The molecule has 0 spiro atoms. The Morgan fingerprint density at radius 3 is 2.85 bits per heavy atom. The molecule has 8 nitrogen and oxygen atoms in total. The van der Waals surface area contributed by atoms with Gasteiger partial charge in [-0.25, -0.2) is 0 Å². The minimum absolute atomic E-state index is 0.000964. The average Bonchev–Trinajstić information content (AvgIpc) is 3.34. The first kappa shape index (κ1) is 22.5. The Morgan fingerprint density at radius 2 is 2.09 bits per heavy atom. The molecule has 1 N–H and O–H groups in total. The number of aryl methyl sites for hydroxylation is 1. The second kappa shape index (κ2) is 9.85. The van der Waals surface area contributed by atoms with Gasteiger partial charge in [-0.05, 0) is 55.7 Å². The average molecular weight is 449 g/mol. The highest BCUT2D eigenvalue weighted by Gasteiger charge is 2.30. The fourth-order valence-electron chi connectivity index (χ4n) is 4.04. The Morgan fingerprint density at radius 1 is 1.24 bits per heavy atom. The van der Waals surface area contributed by atoms with Gasteiger partial charge in [0, 0.05) is 36.3 Å². The molecule has 0 bridgehead atoms. The summed E-state index contributed by atoms with van der Waals surface area (Å²) in [5.41, 5.74) is 3.01. The Kier molecular flexibility index (Phi) is 6.72. The highest BCUT2D eigenvalue weighted by molar-refractivity contribution is 5.96. The maximum absolute atomic E-state index is 13.2. The van der Waals surface area contributed by atoms with Crippen molar-refractivity contribution < 1.29 is 18.8 Å². The smallest absolute Gasteiger partial charge is 0.254 e. The summed E-state index contributed by atoms with van der Waals surface area (Å²) in [4.78, 5) is 31.3. The van der Waals surface area contributed by atoms with Crippen LogP contribution in [0.25, 0.3) is 11.4 Å². The van der Waals surface area contributed by atoms with Crippen LogP contribution in [0.3, 0.4) is 0 Å². The van der Waals surface area contributed by atoms with Gasteiger partial charge in [0.05, 0.1) is 13.0 Å². The van der Waals surface area contributed by atoms with Crippen molar-refractivity contribution in [1.82, 2.24) is 15.0 Å². The van der Waals surface area contributed by atoms with Crippen LogP contribution >= 0.6 is 0 Å². The molecule has 3 aromatic rings. The topological polar surface area (TPSA) is 97.6 Å². The number of hydrogen-bond acceptors (Lipinski definition) is 6. The van der Waals surface area contributed by atoms with Gasteiger partial charge < -0.3 is 19.5 Å². The fraction of sp³-hybridized carbons (Fsp3) is 0.360. The summed E-state index contributed by atoms with van der Waals surface area (Å²) in [6, 6.07) is 12.9. The second-order valence-electron chi connectivity index (χ2n) is 8.21. The van der Waals surface area contributed by atoms with Crippen LogP contribution in [-0.2, 0) is 4.79 Å². The number of amides is 2. The second-order valence-corrected chi connectivity index (χ2v) is 8.21. The zero-order chi connectivity index (χ0) is 23.4. The van der Waals surface area contributed by atoms with Gasteiger partial charge in [-0.2, -0.15) is 4.98 Å². The molecule has 2 amide bonds. The van der Waals surface area contributed by atoms with E-state index in [9.17, 15) is 9.59 Å². The monoisotopic (exact) mass is 448 g/mol. The third-order valence-electron chi connectivity index (χ3n) is 5.89. The van der Waals surface area contributed by atoms with E-state index in [1.807, 2.05) is 54.3 Å². The molecule has 1 atom stereocenters. The number of methoxy groups -OCH3 is 1. The third-order valence-corrected chi connectivity index (χ3v) is 5.89. The number of ether oxygens (including phenoxy) is 1. The molecule has 0 aliphatic carbocycles. The summed E-state index contributed by atoms with van der Waals surface area (Å²) in [7, 11) is 1.61. The molecule has 0 radical (unpaired) electrons. The summed E-state index contributed by atoms with van der Waals surface area (Å²) in [6.45, 7) is 4.94. The van der Waals surface area contributed by atoms with Gasteiger partial charge in [0.1, 0.15) is 5.75 Å². The predicted octanol–water partition coefficient (Wildman–Crippen LogP) is 4.42. The first-order valence-electron chi connectivity index (χ1n) is 11.2. The van der Waals surface area contributed by atoms with E-state index in [0.29, 0.717) is 42.5 Å². The number of benzene rings is 2. The molecule has 0 saturated carbocycles. The number of carbonyl (C=O) groups is 2. The largest absolute Gasteiger partial charge is 0.497 e. The van der Waals surface area contributed by atoms with Crippen molar-refractivity contribution in [2.75, 3.05) is 25.5 Å². The van der Waals surface area contributed by atoms with E-state index < -0.39 is 0 Å². The number of aromatic nitrogens is 2. The lowest BCUT2D eigenvalue weighted by Gasteiger charge is -2.31. The van der Waals surface area contributed by atoms with E-state index in [1.54, 1.807) is 14.0 Å². The molecule has 2 heterocycles. The molecular weight excluding hydrogens is 420 g/mol. The molecule has 8 heteroatoms. The fourth-order valence-corrected chi connectivity index (χ4v) is 4.04. The molecule has 1 aliphatic heterocycles. The Balaban J connectivity index is 1.48. The number of nitrogens with one attached hydrogen (secondary N) is 1.